The van der Waals surface area contributed by atoms with Crippen LogP contribution < -0.4 is 0 Å². The first-order valence-corrected chi connectivity index (χ1v) is 8.34. The zero-order chi connectivity index (χ0) is 16.4. The van der Waals surface area contributed by atoms with E-state index in [4.69, 9.17) is 0 Å². The molecule has 0 unspecified atom stereocenters. The lowest BCUT2D eigenvalue weighted by Crippen LogP contribution is -2.37. The Labute approximate surface area is 135 Å². The van der Waals surface area contributed by atoms with Gasteiger partial charge in [-0.25, -0.2) is 4.39 Å². The fourth-order valence-corrected chi connectivity index (χ4v) is 5.07. The number of fused-ring (bicyclic) bond motifs is 3. The van der Waals surface area contributed by atoms with Crippen LogP contribution in [0.3, 0.4) is 0 Å². The molecule has 1 N–H and O–H groups in total. The van der Waals surface area contributed by atoms with Crippen molar-refractivity contribution in [2.75, 3.05) is 6.54 Å². The summed E-state index contributed by atoms with van der Waals surface area (Å²) < 4.78 is 13.4. The average Bonchev–Trinajstić information content (AvgIpc) is 2.94. The summed E-state index contributed by atoms with van der Waals surface area (Å²) in [5, 5.41) is 0.752. The van der Waals surface area contributed by atoms with Gasteiger partial charge in [0, 0.05) is 23.5 Å². The number of benzene rings is 1. The van der Waals surface area contributed by atoms with Crippen molar-refractivity contribution in [2.24, 2.45) is 10.8 Å². The van der Waals surface area contributed by atoms with Crippen LogP contribution in [-0.4, -0.2) is 28.4 Å². The number of halogens is 1. The Morgan fingerprint density at radius 2 is 2.04 bits per heavy atom. The van der Waals surface area contributed by atoms with Crippen LogP contribution in [0.1, 0.15) is 50.5 Å². The minimum Gasteiger partial charge on any atom is -0.351 e. The molecule has 2 heterocycles. The second-order valence-corrected chi connectivity index (χ2v) is 8.56. The molecule has 2 fully saturated rings. The minimum absolute atomic E-state index is 0.0491. The first-order chi connectivity index (χ1) is 10.7. The summed E-state index contributed by atoms with van der Waals surface area (Å²) in [6, 6.07) is 6.67. The van der Waals surface area contributed by atoms with Crippen molar-refractivity contribution in [1.82, 2.24) is 9.88 Å². The molecule has 1 amide bonds. The molecular weight excluding hydrogens is 291 g/mol. The number of nitrogens with one attached hydrogen (secondary N) is 1. The van der Waals surface area contributed by atoms with Crippen LogP contribution in [0.5, 0.6) is 0 Å². The second kappa shape index (κ2) is 4.59. The number of amides is 1. The molecule has 0 radical (unpaired) electrons. The highest BCUT2D eigenvalue weighted by Crippen LogP contribution is 2.52. The van der Waals surface area contributed by atoms with Gasteiger partial charge in [-0.1, -0.05) is 20.8 Å². The van der Waals surface area contributed by atoms with E-state index >= 15 is 0 Å². The highest BCUT2D eigenvalue weighted by molar-refractivity contribution is 5.98. The van der Waals surface area contributed by atoms with Gasteiger partial charge in [-0.05, 0) is 54.4 Å². The number of H-pyrrole nitrogens is 1. The quantitative estimate of drug-likeness (QED) is 0.834. The summed E-state index contributed by atoms with van der Waals surface area (Å²) in [5.74, 6) is -0.227. The SMILES string of the molecule is CC1(C)C[C@@H]2C[C@](C)(CN2C(=O)c2cc3cc(F)ccc3[nH]2)C1. The zero-order valence-corrected chi connectivity index (χ0v) is 13.9. The molecule has 2 atom stereocenters. The Balaban J connectivity index is 1.66. The molecule has 1 aromatic carbocycles. The van der Waals surface area contributed by atoms with E-state index in [1.807, 2.05) is 4.90 Å². The van der Waals surface area contributed by atoms with Gasteiger partial charge < -0.3 is 9.88 Å². The van der Waals surface area contributed by atoms with Crippen molar-refractivity contribution in [1.29, 1.82) is 0 Å². The van der Waals surface area contributed by atoms with Crippen LogP contribution in [0, 0.1) is 16.6 Å². The number of carbonyl (C=O) groups is 1. The van der Waals surface area contributed by atoms with E-state index < -0.39 is 0 Å². The molecule has 1 aliphatic heterocycles. The van der Waals surface area contributed by atoms with Gasteiger partial charge in [-0.15, -0.1) is 0 Å². The average molecular weight is 314 g/mol. The molecule has 1 saturated heterocycles. The number of hydrogen-bond donors (Lipinski definition) is 1. The zero-order valence-electron chi connectivity index (χ0n) is 13.9. The number of aromatic amines is 1. The number of nitrogens with zero attached hydrogens (tertiary/aromatic N) is 1. The summed E-state index contributed by atoms with van der Waals surface area (Å²) in [6.45, 7) is 7.73. The number of carbonyl (C=O) groups excluding carboxylic acids is 1. The van der Waals surface area contributed by atoms with Crippen LogP contribution in [0.2, 0.25) is 0 Å². The van der Waals surface area contributed by atoms with Gasteiger partial charge in [-0.2, -0.15) is 0 Å². The highest BCUT2D eigenvalue weighted by Gasteiger charge is 2.51. The third-order valence-electron chi connectivity index (χ3n) is 5.49. The molecule has 2 aliphatic rings. The van der Waals surface area contributed by atoms with Crippen LogP contribution in [0.25, 0.3) is 10.9 Å². The van der Waals surface area contributed by atoms with Gasteiger partial charge in [0.1, 0.15) is 11.5 Å². The van der Waals surface area contributed by atoms with E-state index in [9.17, 15) is 9.18 Å². The first-order valence-electron chi connectivity index (χ1n) is 8.34. The fraction of sp³-hybridized carbons (Fsp3) is 0.526. The maximum atomic E-state index is 13.4. The van der Waals surface area contributed by atoms with E-state index in [-0.39, 0.29) is 22.6 Å². The van der Waals surface area contributed by atoms with E-state index in [0.29, 0.717) is 11.7 Å². The molecule has 23 heavy (non-hydrogen) atoms. The van der Waals surface area contributed by atoms with Crippen molar-refractivity contribution < 1.29 is 9.18 Å². The summed E-state index contributed by atoms with van der Waals surface area (Å²) in [5.41, 5.74) is 1.89. The largest absolute Gasteiger partial charge is 0.351 e. The lowest BCUT2D eigenvalue weighted by Gasteiger charge is -2.39. The Hall–Kier alpha value is -1.84. The molecule has 1 aromatic heterocycles. The minimum atomic E-state index is -0.276. The van der Waals surface area contributed by atoms with Crippen LogP contribution in [0.4, 0.5) is 4.39 Å². The molecule has 2 aromatic rings. The number of rotatable bonds is 1. The smallest absolute Gasteiger partial charge is 0.270 e. The van der Waals surface area contributed by atoms with Gasteiger partial charge in [0.05, 0.1) is 0 Å². The number of hydrogen-bond acceptors (Lipinski definition) is 1. The Kier molecular flexibility index (Phi) is 2.94. The predicted molar refractivity (Wildman–Crippen MR) is 88.8 cm³/mol. The summed E-state index contributed by atoms with van der Waals surface area (Å²) in [6.07, 6.45) is 3.32. The molecule has 122 valence electrons. The maximum absolute atomic E-state index is 13.4. The summed E-state index contributed by atoms with van der Waals surface area (Å²) in [7, 11) is 0. The predicted octanol–water partition coefficient (Wildman–Crippen LogP) is 4.35. The first kappa shape index (κ1) is 14.7. The Bertz CT molecular complexity index is 794. The molecule has 4 heteroatoms. The van der Waals surface area contributed by atoms with Crippen molar-refractivity contribution >= 4 is 16.8 Å². The number of aromatic nitrogens is 1. The fourth-order valence-electron chi connectivity index (χ4n) is 5.07. The van der Waals surface area contributed by atoms with Gasteiger partial charge in [0.25, 0.3) is 5.91 Å². The summed E-state index contributed by atoms with van der Waals surface area (Å²) in [4.78, 5) is 18.2. The third-order valence-corrected chi connectivity index (χ3v) is 5.49. The van der Waals surface area contributed by atoms with Crippen LogP contribution in [-0.2, 0) is 0 Å². The molecule has 4 rings (SSSR count). The van der Waals surface area contributed by atoms with Crippen molar-refractivity contribution in [3.05, 3.63) is 35.8 Å². The molecule has 2 bridgehead atoms. The Morgan fingerprint density at radius 3 is 2.83 bits per heavy atom. The Morgan fingerprint density at radius 1 is 1.26 bits per heavy atom. The summed E-state index contributed by atoms with van der Waals surface area (Å²) >= 11 is 0. The van der Waals surface area contributed by atoms with Gasteiger partial charge in [0.2, 0.25) is 0 Å². The topological polar surface area (TPSA) is 36.1 Å². The normalized spacial score (nSPS) is 29.2. The molecular formula is C19H23FN2O. The van der Waals surface area contributed by atoms with Crippen LogP contribution >= 0.6 is 0 Å². The number of likely N-dealkylation sites (tertiary alicyclic amines) is 1. The van der Waals surface area contributed by atoms with Crippen LogP contribution in [0.15, 0.2) is 24.3 Å². The van der Waals surface area contributed by atoms with E-state index in [2.05, 4.69) is 25.8 Å². The van der Waals surface area contributed by atoms with Crippen molar-refractivity contribution in [2.45, 2.75) is 46.1 Å². The van der Waals surface area contributed by atoms with Crippen molar-refractivity contribution in [3.63, 3.8) is 0 Å². The maximum Gasteiger partial charge on any atom is 0.270 e. The third kappa shape index (κ3) is 2.44. The van der Waals surface area contributed by atoms with E-state index in [1.165, 1.54) is 12.1 Å². The standard InChI is InChI=1S/C19H23FN2O/c1-18(2)8-14-9-19(3,10-18)11-22(14)17(23)16-7-12-6-13(20)4-5-15(12)21-16/h4-7,14,21H,8-11H2,1-3H3/t14-,19+/m1/s1. The monoisotopic (exact) mass is 314 g/mol. The molecule has 0 spiro atoms. The van der Waals surface area contributed by atoms with Gasteiger partial charge in [-0.3, -0.25) is 4.79 Å². The highest BCUT2D eigenvalue weighted by atomic mass is 19.1. The lowest BCUT2D eigenvalue weighted by atomic mass is 9.65. The molecule has 1 aliphatic carbocycles. The van der Waals surface area contributed by atoms with Crippen molar-refractivity contribution in [3.8, 4) is 0 Å². The molecule has 1 saturated carbocycles. The van der Waals surface area contributed by atoms with E-state index in [1.54, 1.807) is 12.1 Å². The van der Waals surface area contributed by atoms with Gasteiger partial charge in [0.15, 0.2) is 0 Å². The molecule has 3 nitrogen and oxygen atoms in total. The lowest BCUT2D eigenvalue weighted by molar-refractivity contribution is 0.0703. The van der Waals surface area contributed by atoms with E-state index in [0.717, 1.165) is 36.7 Å². The van der Waals surface area contributed by atoms with Gasteiger partial charge >= 0.3 is 0 Å². The second-order valence-electron chi connectivity index (χ2n) is 8.56.